The highest BCUT2D eigenvalue weighted by molar-refractivity contribution is 8.00. The number of carbonyl (C=O) groups excluding carboxylic acids is 1. The van der Waals surface area contributed by atoms with E-state index in [-0.39, 0.29) is 5.91 Å². The first-order valence-electron chi connectivity index (χ1n) is 6.91. The van der Waals surface area contributed by atoms with Crippen molar-refractivity contribution in [2.75, 3.05) is 18.8 Å². The number of halogens is 1. The fraction of sp³-hybridized carbons (Fsp3) is 0.600. The van der Waals surface area contributed by atoms with E-state index in [0.29, 0.717) is 22.6 Å². The van der Waals surface area contributed by atoms with Crippen molar-refractivity contribution >= 4 is 29.3 Å². The standard InChI is InChI=1S/C15H23ClN2OS/c1-11(2)8-18(9-12(3)4)14(19)10-20-15-13(16)6-5-7-17-15/h5-7,11-12H,8-10H2,1-4H3. The smallest absolute Gasteiger partial charge is 0.233 e. The predicted molar refractivity (Wildman–Crippen MR) is 86.2 cm³/mol. The zero-order valence-corrected chi connectivity index (χ0v) is 14.2. The van der Waals surface area contributed by atoms with E-state index in [2.05, 4.69) is 32.7 Å². The van der Waals surface area contributed by atoms with E-state index in [4.69, 9.17) is 11.6 Å². The molecule has 1 amide bonds. The maximum absolute atomic E-state index is 12.3. The molecule has 0 aliphatic rings. The summed E-state index contributed by atoms with van der Waals surface area (Å²) in [5.41, 5.74) is 0. The van der Waals surface area contributed by atoms with Gasteiger partial charge in [0, 0.05) is 19.3 Å². The van der Waals surface area contributed by atoms with Gasteiger partial charge in [0.2, 0.25) is 5.91 Å². The first-order chi connectivity index (χ1) is 9.40. The van der Waals surface area contributed by atoms with Crippen LogP contribution in [-0.4, -0.2) is 34.6 Å². The van der Waals surface area contributed by atoms with Crippen LogP contribution in [0, 0.1) is 11.8 Å². The zero-order chi connectivity index (χ0) is 15.1. The third kappa shape index (κ3) is 6.14. The van der Waals surface area contributed by atoms with Gasteiger partial charge >= 0.3 is 0 Å². The van der Waals surface area contributed by atoms with Crippen molar-refractivity contribution in [3.63, 3.8) is 0 Å². The van der Waals surface area contributed by atoms with Gasteiger partial charge in [-0.2, -0.15) is 0 Å². The van der Waals surface area contributed by atoms with Gasteiger partial charge in [0.05, 0.1) is 10.8 Å². The molecule has 1 aromatic rings. The Balaban J connectivity index is 2.59. The summed E-state index contributed by atoms with van der Waals surface area (Å²) in [7, 11) is 0. The van der Waals surface area contributed by atoms with Crippen molar-refractivity contribution < 1.29 is 4.79 Å². The molecular formula is C15H23ClN2OS. The molecule has 0 saturated heterocycles. The highest BCUT2D eigenvalue weighted by Gasteiger charge is 2.17. The molecule has 0 saturated carbocycles. The number of aromatic nitrogens is 1. The summed E-state index contributed by atoms with van der Waals surface area (Å²) in [4.78, 5) is 18.5. The number of hydrogen-bond donors (Lipinski definition) is 0. The summed E-state index contributed by atoms with van der Waals surface area (Å²) >= 11 is 7.45. The van der Waals surface area contributed by atoms with Gasteiger partial charge in [-0.1, -0.05) is 51.1 Å². The van der Waals surface area contributed by atoms with Crippen LogP contribution < -0.4 is 0 Å². The quantitative estimate of drug-likeness (QED) is 0.714. The third-order valence-corrected chi connectivity index (χ3v) is 3.99. The molecule has 0 atom stereocenters. The van der Waals surface area contributed by atoms with Gasteiger partial charge in [-0.25, -0.2) is 4.98 Å². The Labute approximate surface area is 131 Å². The minimum absolute atomic E-state index is 0.152. The zero-order valence-electron chi connectivity index (χ0n) is 12.6. The topological polar surface area (TPSA) is 33.2 Å². The summed E-state index contributed by atoms with van der Waals surface area (Å²) < 4.78 is 0. The van der Waals surface area contributed by atoms with Crippen LogP contribution in [0.4, 0.5) is 0 Å². The lowest BCUT2D eigenvalue weighted by molar-refractivity contribution is -0.129. The first kappa shape index (κ1) is 17.3. The minimum atomic E-state index is 0.152. The molecule has 0 fully saturated rings. The number of hydrogen-bond acceptors (Lipinski definition) is 3. The van der Waals surface area contributed by atoms with Crippen molar-refractivity contribution in [1.82, 2.24) is 9.88 Å². The number of nitrogens with zero attached hydrogens (tertiary/aromatic N) is 2. The van der Waals surface area contributed by atoms with Crippen LogP contribution in [0.1, 0.15) is 27.7 Å². The number of amides is 1. The normalized spacial score (nSPS) is 11.2. The highest BCUT2D eigenvalue weighted by atomic mass is 35.5. The molecule has 1 rings (SSSR count). The maximum atomic E-state index is 12.3. The van der Waals surface area contributed by atoms with Gasteiger partial charge in [0.15, 0.2) is 0 Å². The van der Waals surface area contributed by atoms with E-state index in [1.54, 1.807) is 18.3 Å². The lowest BCUT2D eigenvalue weighted by Crippen LogP contribution is -2.38. The number of pyridine rings is 1. The largest absolute Gasteiger partial charge is 0.341 e. The van der Waals surface area contributed by atoms with Crippen LogP contribution in [0.5, 0.6) is 0 Å². The molecule has 1 heterocycles. The van der Waals surface area contributed by atoms with E-state index >= 15 is 0 Å². The van der Waals surface area contributed by atoms with E-state index in [1.807, 2.05) is 4.90 Å². The van der Waals surface area contributed by atoms with Crippen molar-refractivity contribution in [1.29, 1.82) is 0 Å². The average Bonchev–Trinajstić information content (AvgIpc) is 2.35. The van der Waals surface area contributed by atoms with Crippen LogP contribution in [-0.2, 0) is 4.79 Å². The third-order valence-electron chi connectivity index (χ3n) is 2.58. The Morgan fingerprint density at radius 3 is 2.40 bits per heavy atom. The van der Waals surface area contributed by atoms with Crippen LogP contribution in [0.3, 0.4) is 0 Å². The molecule has 112 valence electrons. The van der Waals surface area contributed by atoms with Gasteiger partial charge in [0.1, 0.15) is 5.03 Å². The number of thioether (sulfide) groups is 1. The second-order valence-corrected chi connectivity index (χ2v) is 7.04. The fourth-order valence-electron chi connectivity index (χ4n) is 1.86. The van der Waals surface area contributed by atoms with Crippen LogP contribution in [0.2, 0.25) is 5.02 Å². The maximum Gasteiger partial charge on any atom is 0.233 e. The SMILES string of the molecule is CC(C)CN(CC(C)C)C(=O)CSc1ncccc1Cl. The lowest BCUT2D eigenvalue weighted by atomic mass is 10.1. The average molecular weight is 315 g/mol. The molecule has 1 aromatic heterocycles. The molecule has 3 nitrogen and oxygen atoms in total. The summed E-state index contributed by atoms with van der Waals surface area (Å²) in [6, 6.07) is 3.58. The second kappa shape index (κ2) is 8.53. The van der Waals surface area contributed by atoms with Gasteiger partial charge in [-0.15, -0.1) is 0 Å². The van der Waals surface area contributed by atoms with Gasteiger partial charge in [-0.3, -0.25) is 4.79 Å². The van der Waals surface area contributed by atoms with Gasteiger partial charge in [0.25, 0.3) is 0 Å². The molecule has 0 unspecified atom stereocenters. The molecule has 5 heteroatoms. The second-order valence-electron chi connectivity index (χ2n) is 5.67. The highest BCUT2D eigenvalue weighted by Crippen LogP contribution is 2.24. The molecule has 0 radical (unpaired) electrons. The molecule has 0 spiro atoms. The number of carbonyl (C=O) groups is 1. The molecule has 0 bridgehead atoms. The molecule has 0 aliphatic carbocycles. The molecular weight excluding hydrogens is 292 g/mol. The predicted octanol–water partition coefficient (Wildman–Crippen LogP) is 3.97. The Kier molecular flexibility index (Phi) is 7.38. The Bertz CT molecular complexity index is 428. The summed E-state index contributed by atoms with van der Waals surface area (Å²) in [5, 5.41) is 1.32. The van der Waals surface area contributed by atoms with Crippen molar-refractivity contribution in [2.45, 2.75) is 32.7 Å². The van der Waals surface area contributed by atoms with Crippen LogP contribution in [0.15, 0.2) is 23.4 Å². The van der Waals surface area contributed by atoms with E-state index < -0.39 is 0 Å². The van der Waals surface area contributed by atoms with Crippen molar-refractivity contribution in [3.05, 3.63) is 23.4 Å². The van der Waals surface area contributed by atoms with Crippen molar-refractivity contribution in [2.24, 2.45) is 11.8 Å². The Morgan fingerprint density at radius 1 is 1.30 bits per heavy atom. The first-order valence-corrected chi connectivity index (χ1v) is 8.27. The van der Waals surface area contributed by atoms with Crippen molar-refractivity contribution in [3.8, 4) is 0 Å². The molecule has 0 N–H and O–H groups in total. The minimum Gasteiger partial charge on any atom is -0.341 e. The number of rotatable bonds is 7. The Hall–Kier alpha value is -0.740. The van der Waals surface area contributed by atoms with Gasteiger partial charge in [-0.05, 0) is 24.0 Å². The van der Waals surface area contributed by atoms with Crippen LogP contribution >= 0.6 is 23.4 Å². The summed E-state index contributed by atoms with van der Waals surface area (Å²) in [6.07, 6.45) is 1.69. The van der Waals surface area contributed by atoms with Crippen LogP contribution in [0.25, 0.3) is 0 Å². The van der Waals surface area contributed by atoms with E-state index in [0.717, 1.165) is 18.1 Å². The lowest BCUT2D eigenvalue weighted by Gasteiger charge is -2.26. The summed E-state index contributed by atoms with van der Waals surface area (Å²) in [6.45, 7) is 10.1. The van der Waals surface area contributed by atoms with E-state index in [1.165, 1.54) is 11.8 Å². The summed E-state index contributed by atoms with van der Waals surface area (Å²) in [5.74, 6) is 1.48. The molecule has 20 heavy (non-hydrogen) atoms. The monoisotopic (exact) mass is 314 g/mol. The van der Waals surface area contributed by atoms with E-state index in [9.17, 15) is 4.79 Å². The molecule has 0 aliphatic heterocycles. The fourth-order valence-corrected chi connectivity index (χ4v) is 2.93. The Morgan fingerprint density at radius 2 is 1.90 bits per heavy atom. The van der Waals surface area contributed by atoms with Gasteiger partial charge < -0.3 is 4.90 Å². The molecule has 0 aromatic carbocycles.